The Kier molecular flexibility index (Phi) is 5.02. The summed E-state index contributed by atoms with van der Waals surface area (Å²) < 4.78 is 5.71. The number of hydrogen-bond donors (Lipinski definition) is 1. The lowest BCUT2D eigenvalue weighted by molar-refractivity contribution is 0.306. The minimum Gasteiger partial charge on any atom is -0.489 e. The molecule has 4 heteroatoms. The van der Waals surface area contributed by atoms with Crippen LogP contribution in [0.1, 0.15) is 11.1 Å². The number of benzene rings is 2. The molecule has 0 aliphatic carbocycles. The van der Waals surface area contributed by atoms with Gasteiger partial charge in [0.2, 0.25) is 0 Å². The van der Waals surface area contributed by atoms with Crippen molar-refractivity contribution in [3.8, 4) is 5.75 Å². The molecule has 0 saturated carbocycles. The molecule has 104 valence electrons. The van der Waals surface area contributed by atoms with E-state index >= 15 is 0 Å². The molecule has 0 spiro atoms. The number of halogens is 1. The quantitative estimate of drug-likeness (QED) is 0.517. The summed E-state index contributed by atoms with van der Waals surface area (Å²) in [5, 5.41) is 0. The number of aryl methyl sites for hydroxylation is 1. The molecule has 2 rings (SSSR count). The van der Waals surface area contributed by atoms with E-state index in [-0.39, 0.29) is 5.88 Å². The van der Waals surface area contributed by atoms with Crippen LogP contribution >= 0.6 is 11.6 Å². The molecule has 3 nitrogen and oxygen atoms in total. The van der Waals surface area contributed by atoms with Gasteiger partial charge in [0.1, 0.15) is 18.2 Å². The van der Waals surface area contributed by atoms with Crippen LogP contribution < -0.4 is 10.5 Å². The monoisotopic (exact) mass is 288 g/mol. The zero-order valence-electron chi connectivity index (χ0n) is 11.3. The van der Waals surface area contributed by atoms with Crippen molar-refractivity contribution in [1.82, 2.24) is 0 Å². The summed E-state index contributed by atoms with van der Waals surface area (Å²) in [4.78, 5) is 4.15. The maximum atomic E-state index is 5.71. The lowest BCUT2D eigenvalue weighted by Crippen LogP contribution is -2.12. The lowest BCUT2D eigenvalue weighted by atomic mass is 10.2. The number of nitrogens with zero attached hydrogens (tertiary/aromatic N) is 1. The van der Waals surface area contributed by atoms with E-state index in [0.29, 0.717) is 12.4 Å². The first kappa shape index (κ1) is 14.4. The largest absolute Gasteiger partial charge is 0.489 e. The molecule has 0 saturated heterocycles. The summed E-state index contributed by atoms with van der Waals surface area (Å²) in [7, 11) is 0. The van der Waals surface area contributed by atoms with Crippen LogP contribution in [0.15, 0.2) is 53.5 Å². The Morgan fingerprint density at radius 2 is 1.75 bits per heavy atom. The third-order valence-corrected chi connectivity index (χ3v) is 3.05. The fraction of sp³-hybridized carbons (Fsp3) is 0.188. The molecule has 0 heterocycles. The van der Waals surface area contributed by atoms with E-state index in [1.54, 1.807) is 0 Å². The lowest BCUT2D eigenvalue weighted by Gasteiger charge is -2.07. The Morgan fingerprint density at radius 1 is 1.10 bits per heavy atom. The highest BCUT2D eigenvalue weighted by molar-refractivity contribution is 6.28. The summed E-state index contributed by atoms with van der Waals surface area (Å²) >= 11 is 5.58. The third kappa shape index (κ3) is 4.28. The summed E-state index contributed by atoms with van der Waals surface area (Å²) in [6.07, 6.45) is 0. The first-order valence-corrected chi connectivity index (χ1v) is 6.88. The molecule has 0 aromatic heterocycles. The van der Waals surface area contributed by atoms with Crippen LogP contribution in [-0.4, -0.2) is 11.7 Å². The van der Waals surface area contributed by atoms with E-state index in [1.807, 2.05) is 24.3 Å². The van der Waals surface area contributed by atoms with Crippen LogP contribution in [0, 0.1) is 6.92 Å². The zero-order chi connectivity index (χ0) is 14.4. The van der Waals surface area contributed by atoms with Gasteiger partial charge in [-0.3, -0.25) is 0 Å². The molecule has 2 aromatic rings. The van der Waals surface area contributed by atoms with Gasteiger partial charge in [0.25, 0.3) is 0 Å². The van der Waals surface area contributed by atoms with Gasteiger partial charge < -0.3 is 10.5 Å². The maximum absolute atomic E-state index is 5.71. The number of alkyl halides is 1. The van der Waals surface area contributed by atoms with E-state index in [2.05, 4.69) is 36.2 Å². The highest BCUT2D eigenvalue weighted by Gasteiger charge is 1.97. The molecule has 0 aliphatic rings. The van der Waals surface area contributed by atoms with Gasteiger partial charge in [-0.25, -0.2) is 4.99 Å². The molecule has 0 unspecified atom stereocenters. The van der Waals surface area contributed by atoms with Crippen molar-refractivity contribution in [3.63, 3.8) is 0 Å². The molecule has 2 aromatic carbocycles. The topological polar surface area (TPSA) is 47.6 Å². The smallest absolute Gasteiger partial charge is 0.119 e. The van der Waals surface area contributed by atoms with Crippen LogP contribution in [0.2, 0.25) is 0 Å². The average molecular weight is 289 g/mol. The third-order valence-electron chi connectivity index (χ3n) is 2.77. The SMILES string of the molecule is Cc1ccc(COc2ccc(N=C(N)CCl)cc2)cc1. The van der Waals surface area contributed by atoms with Crippen LogP contribution in [0.4, 0.5) is 5.69 Å². The molecular formula is C16H17ClN2O. The molecule has 0 fully saturated rings. The van der Waals surface area contributed by atoms with Crippen molar-refractivity contribution < 1.29 is 4.74 Å². The summed E-state index contributed by atoms with van der Waals surface area (Å²) in [6, 6.07) is 15.7. The molecule has 20 heavy (non-hydrogen) atoms. The number of nitrogens with two attached hydrogens (primary N) is 1. The van der Waals surface area contributed by atoms with Gasteiger partial charge in [0.15, 0.2) is 0 Å². The van der Waals surface area contributed by atoms with Gasteiger partial charge in [-0.1, -0.05) is 29.8 Å². The molecule has 0 amide bonds. The summed E-state index contributed by atoms with van der Waals surface area (Å²) in [5.41, 5.74) is 8.73. The van der Waals surface area contributed by atoms with Crippen LogP contribution in [0.3, 0.4) is 0 Å². The summed E-state index contributed by atoms with van der Waals surface area (Å²) in [5.74, 6) is 1.43. The number of amidine groups is 1. The molecule has 0 aliphatic heterocycles. The Labute approximate surface area is 124 Å². The first-order chi connectivity index (χ1) is 9.67. The van der Waals surface area contributed by atoms with Crippen molar-refractivity contribution in [2.75, 3.05) is 5.88 Å². The molecule has 0 atom stereocenters. The molecule has 0 radical (unpaired) electrons. The van der Waals surface area contributed by atoms with E-state index in [0.717, 1.165) is 17.0 Å². The van der Waals surface area contributed by atoms with E-state index in [9.17, 15) is 0 Å². The highest BCUT2D eigenvalue weighted by atomic mass is 35.5. The molecule has 2 N–H and O–H groups in total. The summed E-state index contributed by atoms with van der Waals surface area (Å²) in [6.45, 7) is 2.61. The predicted octanol–water partition coefficient (Wildman–Crippen LogP) is 3.80. The second kappa shape index (κ2) is 6.96. The second-order valence-corrected chi connectivity index (χ2v) is 4.77. The average Bonchev–Trinajstić information content (AvgIpc) is 2.48. The Balaban J connectivity index is 1.95. The normalized spacial score (nSPS) is 11.4. The van der Waals surface area contributed by atoms with Gasteiger partial charge in [0, 0.05) is 0 Å². The zero-order valence-corrected chi connectivity index (χ0v) is 12.1. The van der Waals surface area contributed by atoms with E-state index in [4.69, 9.17) is 22.1 Å². The number of hydrogen-bond acceptors (Lipinski definition) is 2. The maximum Gasteiger partial charge on any atom is 0.119 e. The van der Waals surface area contributed by atoms with Gasteiger partial charge in [-0.05, 0) is 36.8 Å². The second-order valence-electron chi connectivity index (χ2n) is 4.50. The Morgan fingerprint density at radius 3 is 2.35 bits per heavy atom. The van der Waals surface area contributed by atoms with Gasteiger partial charge in [-0.2, -0.15) is 0 Å². The standard InChI is InChI=1S/C16H17ClN2O/c1-12-2-4-13(5-3-12)11-20-15-8-6-14(7-9-15)19-16(18)10-17/h2-9H,10-11H2,1H3,(H2,18,19). The van der Waals surface area contributed by atoms with Crippen molar-refractivity contribution in [3.05, 3.63) is 59.7 Å². The fourth-order valence-electron chi connectivity index (χ4n) is 1.66. The number of aliphatic imine (C=N–C) groups is 1. The van der Waals surface area contributed by atoms with Crippen LogP contribution in [-0.2, 0) is 6.61 Å². The Bertz CT molecular complexity index is 576. The highest BCUT2D eigenvalue weighted by Crippen LogP contribution is 2.19. The van der Waals surface area contributed by atoms with Crippen LogP contribution in [0.25, 0.3) is 0 Å². The Hall–Kier alpha value is -2.00. The molecule has 0 bridgehead atoms. The van der Waals surface area contributed by atoms with Gasteiger partial charge in [-0.15, -0.1) is 11.6 Å². The van der Waals surface area contributed by atoms with Crippen molar-refractivity contribution in [2.24, 2.45) is 10.7 Å². The van der Waals surface area contributed by atoms with E-state index in [1.165, 1.54) is 5.56 Å². The minimum absolute atomic E-state index is 0.228. The van der Waals surface area contributed by atoms with Gasteiger partial charge in [0.05, 0.1) is 11.6 Å². The predicted molar refractivity (Wildman–Crippen MR) is 84.0 cm³/mol. The van der Waals surface area contributed by atoms with E-state index < -0.39 is 0 Å². The van der Waals surface area contributed by atoms with Crippen molar-refractivity contribution in [2.45, 2.75) is 13.5 Å². The fourth-order valence-corrected chi connectivity index (χ4v) is 1.72. The minimum atomic E-state index is 0.228. The number of rotatable bonds is 5. The van der Waals surface area contributed by atoms with Crippen molar-refractivity contribution in [1.29, 1.82) is 0 Å². The number of ether oxygens (including phenoxy) is 1. The van der Waals surface area contributed by atoms with Gasteiger partial charge >= 0.3 is 0 Å². The first-order valence-electron chi connectivity index (χ1n) is 6.35. The van der Waals surface area contributed by atoms with Crippen molar-refractivity contribution >= 4 is 23.1 Å². The van der Waals surface area contributed by atoms with Crippen LogP contribution in [0.5, 0.6) is 5.75 Å². The molecular weight excluding hydrogens is 272 g/mol.